The van der Waals surface area contributed by atoms with Crippen molar-refractivity contribution in [1.29, 1.82) is 0 Å². The number of aromatic nitrogens is 1. The highest BCUT2D eigenvalue weighted by Gasteiger charge is 2.31. The van der Waals surface area contributed by atoms with E-state index in [1.54, 1.807) is 32.1 Å². The van der Waals surface area contributed by atoms with E-state index in [1.165, 1.54) is 0 Å². The Morgan fingerprint density at radius 1 is 1.23 bits per heavy atom. The van der Waals surface area contributed by atoms with Crippen molar-refractivity contribution in [3.63, 3.8) is 0 Å². The van der Waals surface area contributed by atoms with Crippen LogP contribution in [0, 0.1) is 6.92 Å². The Kier molecular flexibility index (Phi) is 5.55. The van der Waals surface area contributed by atoms with Crippen LogP contribution in [0.4, 0.5) is 0 Å². The minimum absolute atomic E-state index is 0.161. The standard InChI is InChI=1S/C25H25NO5/c1-5-26-14-17(19-9-7-8-10-20(19)26)12-22-24(27)23-15(3)11-18(13-21(23)31-22)30-16(4)25(28)29-6-2/h7-14,16H,5-6H2,1-4H3/b22-12-. The first-order chi connectivity index (χ1) is 14.9. The van der Waals surface area contributed by atoms with Gasteiger partial charge < -0.3 is 18.8 Å². The average Bonchev–Trinajstić information content (AvgIpc) is 3.26. The zero-order valence-electron chi connectivity index (χ0n) is 18.1. The molecule has 6 heteroatoms. The zero-order chi connectivity index (χ0) is 22.1. The molecular weight excluding hydrogens is 394 g/mol. The maximum Gasteiger partial charge on any atom is 0.347 e. The van der Waals surface area contributed by atoms with Crippen LogP contribution < -0.4 is 9.47 Å². The summed E-state index contributed by atoms with van der Waals surface area (Å²) in [6.07, 6.45) is 3.06. The first-order valence-electron chi connectivity index (χ1n) is 10.4. The van der Waals surface area contributed by atoms with Gasteiger partial charge in [-0.1, -0.05) is 18.2 Å². The smallest absolute Gasteiger partial charge is 0.347 e. The van der Waals surface area contributed by atoms with Gasteiger partial charge in [0.25, 0.3) is 0 Å². The molecule has 1 aliphatic rings. The van der Waals surface area contributed by atoms with Crippen LogP contribution in [0.15, 0.2) is 48.4 Å². The lowest BCUT2D eigenvalue weighted by atomic mass is 10.0. The minimum Gasteiger partial charge on any atom is -0.479 e. The number of allylic oxidation sites excluding steroid dienone is 1. The quantitative estimate of drug-likeness (QED) is 0.419. The highest BCUT2D eigenvalue weighted by molar-refractivity contribution is 6.16. The highest BCUT2D eigenvalue weighted by Crippen LogP contribution is 2.38. The molecule has 1 aliphatic heterocycles. The van der Waals surface area contributed by atoms with Crippen molar-refractivity contribution in [3.05, 3.63) is 65.0 Å². The van der Waals surface area contributed by atoms with Crippen LogP contribution in [0.5, 0.6) is 11.5 Å². The molecule has 0 radical (unpaired) electrons. The summed E-state index contributed by atoms with van der Waals surface area (Å²) in [7, 11) is 0. The van der Waals surface area contributed by atoms with Gasteiger partial charge in [-0.25, -0.2) is 4.79 Å². The van der Waals surface area contributed by atoms with Gasteiger partial charge in [0.05, 0.1) is 12.2 Å². The minimum atomic E-state index is -0.760. The van der Waals surface area contributed by atoms with E-state index in [0.29, 0.717) is 17.1 Å². The summed E-state index contributed by atoms with van der Waals surface area (Å²) in [4.78, 5) is 24.9. The fourth-order valence-electron chi connectivity index (χ4n) is 3.85. The molecule has 0 amide bonds. The van der Waals surface area contributed by atoms with Crippen LogP contribution in [0.2, 0.25) is 0 Å². The fraction of sp³-hybridized carbons (Fsp3) is 0.280. The van der Waals surface area contributed by atoms with Gasteiger partial charge in [0.2, 0.25) is 5.78 Å². The Bertz CT molecular complexity index is 1200. The van der Waals surface area contributed by atoms with Gasteiger partial charge in [0.1, 0.15) is 11.5 Å². The summed E-state index contributed by atoms with van der Waals surface area (Å²) in [5, 5.41) is 1.06. The number of Topliss-reactive ketones (excluding diaryl/α,β-unsaturated/α-hetero) is 1. The molecule has 31 heavy (non-hydrogen) atoms. The Labute approximate surface area is 181 Å². The van der Waals surface area contributed by atoms with Crippen LogP contribution in [-0.4, -0.2) is 29.0 Å². The summed E-state index contributed by atoms with van der Waals surface area (Å²) < 4.78 is 18.8. The van der Waals surface area contributed by atoms with Crippen LogP contribution in [-0.2, 0) is 16.1 Å². The number of nitrogens with zero attached hydrogens (tertiary/aromatic N) is 1. The molecule has 0 saturated carbocycles. The molecule has 0 N–H and O–H groups in total. The molecule has 4 rings (SSSR count). The Morgan fingerprint density at radius 2 is 2.00 bits per heavy atom. The number of hydrogen-bond donors (Lipinski definition) is 0. The molecule has 2 heterocycles. The molecule has 1 atom stereocenters. The van der Waals surface area contributed by atoms with E-state index in [9.17, 15) is 9.59 Å². The molecule has 0 fully saturated rings. The second-order valence-electron chi connectivity index (χ2n) is 7.45. The summed E-state index contributed by atoms with van der Waals surface area (Å²) in [6, 6.07) is 11.5. The third-order valence-corrected chi connectivity index (χ3v) is 5.32. The van der Waals surface area contributed by atoms with E-state index in [1.807, 2.05) is 31.3 Å². The molecule has 3 aromatic rings. The number of ether oxygens (including phenoxy) is 3. The Hall–Kier alpha value is -3.54. The van der Waals surface area contributed by atoms with Gasteiger partial charge in [-0.3, -0.25) is 4.79 Å². The number of hydrogen-bond acceptors (Lipinski definition) is 5. The van der Waals surface area contributed by atoms with Crippen LogP contribution in [0.1, 0.15) is 42.3 Å². The van der Waals surface area contributed by atoms with Crippen molar-refractivity contribution >= 4 is 28.7 Å². The molecule has 1 aromatic heterocycles. The largest absolute Gasteiger partial charge is 0.479 e. The van der Waals surface area contributed by atoms with Gasteiger partial charge in [-0.15, -0.1) is 0 Å². The van der Waals surface area contributed by atoms with Crippen molar-refractivity contribution in [2.45, 2.75) is 40.3 Å². The van der Waals surface area contributed by atoms with Crippen molar-refractivity contribution in [2.24, 2.45) is 0 Å². The topological polar surface area (TPSA) is 66.8 Å². The van der Waals surface area contributed by atoms with Gasteiger partial charge >= 0.3 is 5.97 Å². The monoisotopic (exact) mass is 419 g/mol. The highest BCUT2D eigenvalue weighted by atomic mass is 16.6. The van der Waals surface area contributed by atoms with E-state index >= 15 is 0 Å². The van der Waals surface area contributed by atoms with Gasteiger partial charge in [-0.05, 0) is 51.5 Å². The van der Waals surface area contributed by atoms with Crippen LogP contribution in [0.3, 0.4) is 0 Å². The van der Waals surface area contributed by atoms with Crippen molar-refractivity contribution in [2.75, 3.05) is 6.61 Å². The summed E-state index contributed by atoms with van der Waals surface area (Å²) >= 11 is 0. The molecule has 2 aromatic carbocycles. The third-order valence-electron chi connectivity index (χ3n) is 5.32. The van der Waals surface area contributed by atoms with Crippen molar-refractivity contribution in [1.82, 2.24) is 4.57 Å². The second kappa shape index (κ2) is 8.30. The first-order valence-corrected chi connectivity index (χ1v) is 10.4. The zero-order valence-corrected chi connectivity index (χ0v) is 18.1. The number of ketones is 1. The molecular formula is C25H25NO5. The molecule has 0 spiro atoms. The molecule has 0 aliphatic carbocycles. The van der Waals surface area contributed by atoms with E-state index < -0.39 is 12.1 Å². The van der Waals surface area contributed by atoms with E-state index in [4.69, 9.17) is 14.2 Å². The van der Waals surface area contributed by atoms with Gasteiger partial charge in [0.15, 0.2) is 11.9 Å². The number of carbonyl (C=O) groups is 2. The normalized spacial score (nSPS) is 15.1. The second-order valence-corrected chi connectivity index (χ2v) is 7.45. The number of carbonyl (C=O) groups excluding carboxylic acids is 2. The molecule has 1 unspecified atom stereocenters. The van der Waals surface area contributed by atoms with Crippen molar-refractivity contribution < 1.29 is 23.8 Å². The van der Waals surface area contributed by atoms with E-state index in [2.05, 4.69) is 17.6 Å². The summed E-state index contributed by atoms with van der Waals surface area (Å²) in [6.45, 7) is 8.40. The van der Waals surface area contributed by atoms with Crippen molar-refractivity contribution in [3.8, 4) is 11.5 Å². The van der Waals surface area contributed by atoms with Gasteiger partial charge in [-0.2, -0.15) is 0 Å². The number of rotatable bonds is 6. The summed E-state index contributed by atoms with van der Waals surface area (Å²) in [5.41, 5.74) is 3.29. The lowest BCUT2D eigenvalue weighted by Crippen LogP contribution is -2.26. The average molecular weight is 419 g/mol. The predicted molar refractivity (Wildman–Crippen MR) is 118 cm³/mol. The van der Waals surface area contributed by atoms with Crippen LogP contribution >= 0.6 is 0 Å². The maximum absolute atomic E-state index is 13.0. The SMILES string of the molecule is CCOC(=O)C(C)Oc1cc(C)c2c(c1)O/C(=C\c1cn(CC)c3ccccc13)C2=O. The molecule has 160 valence electrons. The third kappa shape index (κ3) is 3.81. The molecule has 6 nitrogen and oxygen atoms in total. The maximum atomic E-state index is 13.0. The van der Waals surface area contributed by atoms with E-state index in [-0.39, 0.29) is 18.1 Å². The number of para-hydroxylation sites is 1. The van der Waals surface area contributed by atoms with Crippen LogP contribution in [0.25, 0.3) is 17.0 Å². The number of fused-ring (bicyclic) bond motifs is 2. The lowest BCUT2D eigenvalue weighted by Gasteiger charge is -2.14. The number of esters is 1. The number of benzene rings is 2. The molecule has 0 saturated heterocycles. The number of aryl methyl sites for hydroxylation is 2. The Balaban J connectivity index is 1.65. The predicted octanol–water partition coefficient (Wildman–Crippen LogP) is 4.92. The first kappa shape index (κ1) is 20.7. The van der Waals surface area contributed by atoms with Gasteiger partial charge in [0, 0.05) is 35.3 Å². The fourth-order valence-corrected chi connectivity index (χ4v) is 3.85. The summed E-state index contributed by atoms with van der Waals surface area (Å²) in [5.74, 6) is 0.555. The molecule has 0 bridgehead atoms. The van der Waals surface area contributed by atoms with E-state index in [0.717, 1.165) is 28.6 Å². The lowest BCUT2D eigenvalue weighted by molar-refractivity contribution is -0.150. The Morgan fingerprint density at radius 3 is 2.74 bits per heavy atom.